The third kappa shape index (κ3) is 5.51. The second kappa shape index (κ2) is 9.91. The summed E-state index contributed by atoms with van der Waals surface area (Å²) in [6.45, 7) is 1.32. The summed E-state index contributed by atoms with van der Waals surface area (Å²) in [5, 5.41) is 4.57. The lowest BCUT2D eigenvalue weighted by atomic mass is 9.82. The highest BCUT2D eigenvalue weighted by Gasteiger charge is 2.25. The molecule has 1 aromatic carbocycles. The van der Waals surface area contributed by atoms with Crippen molar-refractivity contribution in [1.29, 1.82) is 0 Å². The maximum atomic E-state index is 12.4. The van der Waals surface area contributed by atoms with Gasteiger partial charge in [-0.15, -0.1) is 16.3 Å². The molecule has 172 valence electrons. The second-order valence-electron chi connectivity index (χ2n) is 8.52. The minimum atomic E-state index is -3.47. The number of aromatic amines is 1. The molecule has 0 saturated heterocycles. The number of hydrogen-bond donors (Lipinski definition) is 2. The number of hydrogen-bond acceptors (Lipinski definition) is 6. The zero-order chi connectivity index (χ0) is 22.7. The molecule has 1 aliphatic carbocycles. The van der Waals surface area contributed by atoms with Gasteiger partial charge in [0.25, 0.3) is 0 Å². The Labute approximate surface area is 198 Å². The summed E-state index contributed by atoms with van der Waals surface area (Å²) in [5.74, 6) is 2.71. The third-order valence-electron chi connectivity index (χ3n) is 5.98. The van der Waals surface area contributed by atoms with Gasteiger partial charge < -0.3 is 4.90 Å². The number of nitrogens with zero attached hydrogens (tertiary/aromatic N) is 2. The average molecular weight is 495 g/mol. The summed E-state index contributed by atoms with van der Waals surface area (Å²) in [4.78, 5) is 10.2. The first-order valence-corrected chi connectivity index (χ1v) is 13.5. The molecule has 0 bridgehead atoms. The lowest BCUT2D eigenvalue weighted by Crippen LogP contribution is -2.32. The van der Waals surface area contributed by atoms with Crippen LogP contribution in [-0.2, 0) is 10.0 Å². The second-order valence-corrected chi connectivity index (χ2v) is 12.2. The van der Waals surface area contributed by atoms with Crippen molar-refractivity contribution in [3.8, 4) is 0 Å². The Hall–Kier alpha value is -1.94. The maximum absolute atomic E-state index is 12.4. The van der Waals surface area contributed by atoms with Gasteiger partial charge >= 0.3 is 5.95 Å². The summed E-state index contributed by atoms with van der Waals surface area (Å²) in [7, 11) is 0.565. The van der Waals surface area contributed by atoms with Gasteiger partial charge in [0.2, 0.25) is 15.8 Å². The summed E-state index contributed by atoms with van der Waals surface area (Å²) in [6.07, 6.45) is 4.16. The molecule has 4 rings (SSSR count). The van der Waals surface area contributed by atoms with E-state index in [1.54, 1.807) is 12.1 Å². The number of nitrogens with one attached hydrogen (secondary N) is 3. The molecule has 3 N–H and O–H groups in total. The summed E-state index contributed by atoms with van der Waals surface area (Å²) < 4.78 is 28.3. The van der Waals surface area contributed by atoms with Crippen molar-refractivity contribution in [2.75, 3.05) is 37.4 Å². The number of halogens is 1. The van der Waals surface area contributed by atoms with Gasteiger partial charge in [-0.3, -0.25) is 5.32 Å². The standard InChI is InChI=1S/C22H28ClN5O2S2/c1-28(2)21-17-5-3-4-6-18(17)26-22(27-21)24-13-15-7-9-16(10-8-15)14-25-32(29,30)20-12-11-19(23)31-20/h3-6,11-12,15-16,25H,7-10,13-14H2,1-2H3,(H,24,26,27)/p+1. The van der Waals surface area contributed by atoms with Crippen LogP contribution in [0.4, 0.5) is 11.8 Å². The number of anilines is 2. The lowest BCUT2D eigenvalue weighted by molar-refractivity contribution is -0.348. The molecule has 0 amide bonds. The highest BCUT2D eigenvalue weighted by Crippen LogP contribution is 2.30. The van der Waals surface area contributed by atoms with Gasteiger partial charge in [-0.2, -0.15) is 0 Å². The van der Waals surface area contributed by atoms with Gasteiger partial charge in [-0.25, -0.2) is 18.1 Å². The molecule has 1 fully saturated rings. The summed E-state index contributed by atoms with van der Waals surface area (Å²) in [6, 6.07) is 11.3. The van der Waals surface area contributed by atoms with Crippen molar-refractivity contribution in [2.24, 2.45) is 11.8 Å². The monoisotopic (exact) mass is 494 g/mol. The fourth-order valence-corrected chi connectivity index (χ4v) is 6.80. The van der Waals surface area contributed by atoms with E-state index in [9.17, 15) is 8.42 Å². The van der Waals surface area contributed by atoms with E-state index in [0.29, 0.717) is 22.7 Å². The van der Waals surface area contributed by atoms with Crippen molar-refractivity contribution in [2.45, 2.75) is 29.9 Å². The van der Waals surface area contributed by atoms with Crippen molar-refractivity contribution < 1.29 is 13.4 Å². The summed E-state index contributed by atoms with van der Waals surface area (Å²) in [5.41, 5.74) is 0.959. The predicted molar refractivity (Wildman–Crippen MR) is 131 cm³/mol. The van der Waals surface area contributed by atoms with Crippen molar-refractivity contribution in [3.05, 3.63) is 40.7 Å². The van der Waals surface area contributed by atoms with Crippen LogP contribution in [0.5, 0.6) is 0 Å². The molecule has 2 aromatic heterocycles. The quantitative estimate of drug-likeness (QED) is 0.493. The van der Waals surface area contributed by atoms with Gasteiger partial charge in [-0.1, -0.05) is 23.7 Å². The topological polar surface area (TPSA) is 88.5 Å². The largest absolute Gasteiger partial charge is 0.345 e. The van der Waals surface area contributed by atoms with E-state index in [1.807, 2.05) is 32.3 Å². The normalized spacial score (nSPS) is 19.2. The molecule has 10 heteroatoms. The van der Waals surface area contributed by atoms with Crippen LogP contribution in [-0.4, -0.2) is 40.6 Å². The van der Waals surface area contributed by atoms with E-state index in [1.165, 1.54) is 0 Å². The van der Waals surface area contributed by atoms with E-state index in [4.69, 9.17) is 16.6 Å². The number of H-pyrrole nitrogens is 1. The number of fused-ring (bicyclic) bond motifs is 1. The van der Waals surface area contributed by atoms with Gasteiger partial charge in [0.15, 0.2) is 0 Å². The van der Waals surface area contributed by atoms with Crippen molar-refractivity contribution in [1.82, 2.24) is 9.71 Å². The van der Waals surface area contributed by atoms with E-state index in [2.05, 4.69) is 26.0 Å². The third-order valence-corrected chi connectivity index (χ3v) is 9.12. The Balaban J connectivity index is 1.28. The van der Waals surface area contributed by atoms with E-state index in [-0.39, 0.29) is 4.21 Å². The Morgan fingerprint density at radius 1 is 1.09 bits per heavy atom. The Morgan fingerprint density at radius 3 is 2.44 bits per heavy atom. The van der Waals surface area contributed by atoms with Crippen LogP contribution < -0.4 is 19.9 Å². The van der Waals surface area contributed by atoms with Crippen LogP contribution >= 0.6 is 22.9 Å². The van der Waals surface area contributed by atoms with E-state index in [0.717, 1.165) is 66.2 Å². The zero-order valence-electron chi connectivity index (χ0n) is 18.3. The Bertz CT molecular complexity index is 1170. The number of rotatable bonds is 8. The minimum absolute atomic E-state index is 0.275. The van der Waals surface area contributed by atoms with Gasteiger partial charge in [0.05, 0.1) is 16.3 Å². The molecule has 0 unspecified atom stereocenters. The van der Waals surface area contributed by atoms with Crippen LogP contribution in [0.3, 0.4) is 0 Å². The van der Waals surface area contributed by atoms with Crippen LogP contribution in [0.1, 0.15) is 25.7 Å². The number of thiophene rings is 1. The minimum Gasteiger partial charge on any atom is -0.313 e. The SMILES string of the molecule is CN(C)c1[nH+]c(NCC2CCC(CNS(=O)(=O)c3ccc(Cl)s3)CC2)nc2ccccc12. The highest BCUT2D eigenvalue weighted by molar-refractivity contribution is 7.91. The molecule has 0 atom stereocenters. The fourth-order valence-electron chi connectivity index (χ4n) is 4.16. The molecular formula is C22H29ClN5O2S2+. The molecule has 0 aliphatic heterocycles. The van der Waals surface area contributed by atoms with Crippen LogP contribution in [0.2, 0.25) is 4.34 Å². The first-order chi connectivity index (χ1) is 15.3. The van der Waals surface area contributed by atoms with Crippen molar-refractivity contribution in [3.63, 3.8) is 0 Å². The van der Waals surface area contributed by atoms with Gasteiger partial charge in [-0.05, 0) is 61.8 Å². The first kappa shape index (κ1) is 23.2. The Morgan fingerprint density at radius 2 is 1.78 bits per heavy atom. The highest BCUT2D eigenvalue weighted by atomic mass is 35.5. The van der Waals surface area contributed by atoms with Crippen LogP contribution in [0.15, 0.2) is 40.6 Å². The molecule has 3 aromatic rings. The molecule has 1 aliphatic rings. The Kier molecular flexibility index (Phi) is 7.19. The van der Waals surface area contributed by atoms with Crippen LogP contribution in [0.25, 0.3) is 10.9 Å². The zero-order valence-corrected chi connectivity index (χ0v) is 20.7. The van der Waals surface area contributed by atoms with E-state index >= 15 is 0 Å². The number of benzene rings is 1. The average Bonchev–Trinajstić information content (AvgIpc) is 3.23. The number of aromatic nitrogens is 2. The predicted octanol–water partition coefficient (Wildman–Crippen LogP) is 4.03. The van der Waals surface area contributed by atoms with Gasteiger partial charge in [0, 0.05) is 20.6 Å². The van der Waals surface area contributed by atoms with Crippen molar-refractivity contribution >= 4 is 55.6 Å². The maximum Gasteiger partial charge on any atom is 0.345 e. The molecule has 7 nitrogen and oxygen atoms in total. The summed E-state index contributed by atoms with van der Waals surface area (Å²) >= 11 is 6.95. The molecule has 2 heterocycles. The lowest BCUT2D eigenvalue weighted by Gasteiger charge is -2.28. The van der Waals surface area contributed by atoms with Gasteiger partial charge in [0.1, 0.15) is 9.73 Å². The first-order valence-electron chi connectivity index (χ1n) is 10.8. The molecular weight excluding hydrogens is 466 g/mol. The smallest absolute Gasteiger partial charge is 0.313 e. The molecule has 0 spiro atoms. The fraction of sp³-hybridized carbons (Fsp3) is 0.455. The van der Waals surface area contributed by atoms with E-state index < -0.39 is 10.0 Å². The molecule has 32 heavy (non-hydrogen) atoms. The molecule has 0 radical (unpaired) electrons. The molecule has 1 saturated carbocycles. The van der Waals surface area contributed by atoms with Crippen LogP contribution in [0, 0.1) is 11.8 Å². The number of para-hydroxylation sites is 1. The number of sulfonamides is 1.